The quantitative estimate of drug-likeness (QED) is 0.888. The molecule has 1 aliphatic rings. The monoisotopic (exact) mass is 247 g/mol. The Kier molecular flexibility index (Phi) is 4.27. The van der Waals surface area contributed by atoms with Crippen LogP contribution in [0.15, 0.2) is 18.3 Å². The highest BCUT2D eigenvalue weighted by molar-refractivity contribution is 7.99. The van der Waals surface area contributed by atoms with Crippen molar-refractivity contribution in [2.75, 3.05) is 11.1 Å². The van der Waals surface area contributed by atoms with Crippen LogP contribution >= 0.6 is 11.8 Å². The van der Waals surface area contributed by atoms with E-state index in [1.807, 2.05) is 17.8 Å². The molecule has 0 amide bonds. The van der Waals surface area contributed by atoms with Gasteiger partial charge in [0.15, 0.2) is 0 Å². The highest BCUT2D eigenvalue weighted by Gasteiger charge is 2.24. The average molecular weight is 247 g/mol. The molecule has 1 saturated carbocycles. The average Bonchev–Trinajstić information content (AvgIpc) is 2.77. The molecule has 90 valence electrons. The first kappa shape index (κ1) is 12.3. The summed E-state index contributed by atoms with van der Waals surface area (Å²) in [6, 6.07) is 6.20. The first-order valence-corrected chi connectivity index (χ1v) is 7.11. The summed E-state index contributed by atoms with van der Waals surface area (Å²) in [6.45, 7) is 2.21. The lowest BCUT2D eigenvalue weighted by atomic mass is 10.2. The van der Waals surface area contributed by atoms with Crippen LogP contribution in [0.3, 0.4) is 0 Å². The Labute approximate surface area is 107 Å². The van der Waals surface area contributed by atoms with E-state index in [2.05, 4.69) is 23.3 Å². The van der Waals surface area contributed by atoms with Crippen LogP contribution in [0.5, 0.6) is 0 Å². The third-order valence-corrected chi connectivity index (χ3v) is 4.26. The van der Waals surface area contributed by atoms with Crippen molar-refractivity contribution in [2.24, 2.45) is 0 Å². The molecule has 1 aliphatic carbocycles. The van der Waals surface area contributed by atoms with Crippen LogP contribution in [0.4, 0.5) is 5.82 Å². The zero-order valence-electron chi connectivity index (χ0n) is 10.0. The van der Waals surface area contributed by atoms with Gasteiger partial charge in [-0.05, 0) is 37.1 Å². The van der Waals surface area contributed by atoms with Gasteiger partial charge in [-0.2, -0.15) is 17.0 Å². The molecule has 2 rings (SSSR count). The molecule has 1 aromatic rings. The van der Waals surface area contributed by atoms with Crippen molar-refractivity contribution in [3.05, 3.63) is 23.9 Å². The number of pyridine rings is 1. The summed E-state index contributed by atoms with van der Waals surface area (Å²) >= 11 is 2.05. The predicted molar refractivity (Wildman–Crippen MR) is 72.1 cm³/mol. The number of hydrogen-bond donors (Lipinski definition) is 1. The zero-order chi connectivity index (χ0) is 12.1. The van der Waals surface area contributed by atoms with E-state index < -0.39 is 0 Å². The second kappa shape index (κ2) is 5.92. The van der Waals surface area contributed by atoms with Gasteiger partial charge in [-0.25, -0.2) is 4.98 Å². The Morgan fingerprint density at radius 3 is 3.24 bits per heavy atom. The van der Waals surface area contributed by atoms with Crippen molar-refractivity contribution in [3.8, 4) is 6.07 Å². The molecule has 1 fully saturated rings. The van der Waals surface area contributed by atoms with Crippen LogP contribution in [0.1, 0.15) is 31.7 Å². The summed E-state index contributed by atoms with van der Waals surface area (Å²) < 4.78 is 0. The fourth-order valence-corrected chi connectivity index (χ4v) is 3.39. The van der Waals surface area contributed by atoms with Gasteiger partial charge in [0.25, 0.3) is 0 Å². The first-order chi connectivity index (χ1) is 8.31. The Balaban J connectivity index is 1.91. The lowest BCUT2D eigenvalue weighted by molar-refractivity contribution is 0.752. The van der Waals surface area contributed by atoms with E-state index in [9.17, 15) is 0 Å². The van der Waals surface area contributed by atoms with E-state index in [1.54, 1.807) is 12.3 Å². The molecular weight excluding hydrogens is 230 g/mol. The molecule has 1 heterocycles. The number of rotatable bonds is 4. The van der Waals surface area contributed by atoms with Gasteiger partial charge >= 0.3 is 0 Å². The second-order valence-electron chi connectivity index (χ2n) is 4.27. The highest BCUT2D eigenvalue weighted by Crippen LogP contribution is 2.31. The number of nitriles is 1. The van der Waals surface area contributed by atoms with Gasteiger partial charge in [0.2, 0.25) is 0 Å². The number of thioether (sulfide) groups is 1. The van der Waals surface area contributed by atoms with Gasteiger partial charge in [-0.3, -0.25) is 0 Å². The Morgan fingerprint density at radius 2 is 2.47 bits per heavy atom. The maximum Gasteiger partial charge on any atom is 0.127 e. The summed E-state index contributed by atoms with van der Waals surface area (Å²) in [5, 5.41) is 13.0. The Bertz CT molecular complexity index is 413. The topological polar surface area (TPSA) is 48.7 Å². The van der Waals surface area contributed by atoms with Gasteiger partial charge in [0.05, 0.1) is 11.6 Å². The zero-order valence-corrected chi connectivity index (χ0v) is 10.8. The minimum absolute atomic E-state index is 0.514. The summed E-state index contributed by atoms with van der Waals surface area (Å²) in [6.07, 6.45) is 5.38. The van der Waals surface area contributed by atoms with E-state index in [0.717, 1.165) is 11.1 Å². The van der Waals surface area contributed by atoms with Gasteiger partial charge in [0.1, 0.15) is 5.82 Å². The van der Waals surface area contributed by atoms with Crippen molar-refractivity contribution in [1.82, 2.24) is 4.98 Å². The molecular formula is C13H17N3S. The summed E-state index contributed by atoms with van der Waals surface area (Å²) in [7, 11) is 0. The van der Waals surface area contributed by atoms with E-state index in [0.29, 0.717) is 11.6 Å². The van der Waals surface area contributed by atoms with Crippen LogP contribution in [-0.4, -0.2) is 22.0 Å². The van der Waals surface area contributed by atoms with Crippen LogP contribution in [-0.2, 0) is 0 Å². The maximum absolute atomic E-state index is 8.83. The predicted octanol–water partition coefficient (Wildman–Crippen LogP) is 3.04. The lowest BCUT2D eigenvalue weighted by Gasteiger charge is -2.13. The normalized spacial score (nSPS) is 23.3. The first-order valence-electron chi connectivity index (χ1n) is 6.06. The molecule has 4 heteroatoms. The van der Waals surface area contributed by atoms with Crippen LogP contribution in [0.2, 0.25) is 0 Å². The fourth-order valence-electron chi connectivity index (χ4n) is 2.25. The number of anilines is 1. The summed E-state index contributed by atoms with van der Waals surface area (Å²) in [5.41, 5.74) is 0.667. The van der Waals surface area contributed by atoms with Crippen molar-refractivity contribution in [1.29, 1.82) is 5.26 Å². The molecule has 0 saturated heterocycles. The minimum Gasteiger partial charge on any atom is -0.367 e. The smallest absolute Gasteiger partial charge is 0.127 e. The number of nitrogens with zero attached hydrogens (tertiary/aromatic N) is 2. The van der Waals surface area contributed by atoms with E-state index in [4.69, 9.17) is 5.26 Å². The van der Waals surface area contributed by atoms with Gasteiger partial charge in [-0.15, -0.1) is 0 Å². The molecule has 1 aromatic heterocycles. The number of hydrogen-bond acceptors (Lipinski definition) is 4. The van der Waals surface area contributed by atoms with Crippen LogP contribution < -0.4 is 5.32 Å². The molecule has 0 aromatic carbocycles. The van der Waals surface area contributed by atoms with Crippen molar-refractivity contribution in [2.45, 2.75) is 37.5 Å². The van der Waals surface area contributed by atoms with E-state index in [-0.39, 0.29) is 0 Å². The van der Waals surface area contributed by atoms with Gasteiger partial charge in [-0.1, -0.05) is 6.92 Å². The maximum atomic E-state index is 8.83. The lowest BCUT2D eigenvalue weighted by Crippen LogP contribution is -2.16. The fraction of sp³-hybridized carbons (Fsp3) is 0.538. The number of nitrogens with one attached hydrogen (secondary N) is 1. The van der Waals surface area contributed by atoms with Crippen molar-refractivity contribution < 1.29 is 0 Å². The second-order valence-corrected chi connectivity index (χ2v) is 5.85. The van der Waals surface area contributed by atoms with E-state index in [1.165, 1.54) is 25.0 Å². The third kappa shape index (κ3) is 3.37. The van der Waals surface area contributed by atoms with Gasteiger partial charge in [0, 0.05) is 17.5 Å². The Morgan fingerprint density at radius 1 is 1.59 bits per heavy atom. The highest BCUT2D eigenvalue weighted by atomic mass is 32.2. The molecule has 0 bridgehead atoms. The molecule has 3 nitrogen and oxygen atoms in total. The van der Waals surface area contributed by atoms with Crippen molar-refractivity contribution >= 4 is 17.6 Å². The van der Waals surface area contributed by atoms with Crippen LogP contribution in [0, 0.1) is 11.3 Å². The van der Waals surface area contributed by atoms with E-state index >= 15 is 0 Å². The van der Waals surface area contributed by atoms with Gasteiger partial charge < -0.3 is 5.32 Å². The standard InChI is InChI=1S/C13H17N3S/c1-2-17-12-4-3-11(8-12)16-13-7-10(9-14)5-6-15-13/h5-7,11-12H,2-4,8H2,1H3,(H,15,16). The summed E-state index contributed by atoms with van der Waals surface area (Å²) in [5.74, 6) is 2.02. The van der Waals surface area contributed by atoms with Crippen molar-refractivity contribution in [3.63, 3.8) is 0 Å². The minimum atomic E-state index is 0.514. The molecule has 1 N–H and O–H groups in total. The largest absolute Gasteiger partial charge is 0.367 e. The molecule has 2 atom stereocenters. The molecule has 0 radical (unpaired) electrons. The third-order valence-electron chi connectivity index (χ3n) is 3.03. The molecule has 2 unspecified atom stereocenters. The molecule has 0 spiro atoms. The summed E-state index contributed by atoms with van der Waals surface area (Å²) in [4.78, 5) is 4.25. The van der Waals surface area contributed by atoms with Crippen LogP contribution in [0.25, 0.3) is 0 Å². The number of aromatic nitrogens is 1. The Hall–Kier alpha value is -1.21. The molecule has 17 heavy (non-hydrogen) atoms. The molecule has 0 aliphatic heterocycles. The SMILES string of the molecule is CCSC1CCC(Nc2cc(C#N)ccn2)C1.